The smallest absolute Gasteiger partial charge is 0.341 e. The van der Waals surface area contributed by atoms with Gasteiger partial charge in [0.05, 0.1) is 13.7 Å². The molecule has 0 atom stereocenters. The second-order valence-corrected chi connectivity index (χ2v) is 3.44. The van der Waals surface area contributed by atoms with Crippen molar-refractivity contribution < 1.29 is 19.0 Å². The van der Waals surface area contributed by atoms with Crippen molar-refractivity contribution >= 4 is 11.7 Å². The highest BCUT2D eigenvalue weighted by molar-refractivity contribution is 5.93. The van der Waals surface area contributed by atoms with E-state index in [4.69, 9.17) is 19.9 Å². The number of benzene rings is 1. The second kappa shape index (κ2) is 6.75. The summed E-state index contributed by atoms with van der Waals surface area (Å²) in [6, 6.07) is 4.81. The first kappa shape index (κ1) is 13.3. The van der Waals surface area contributed by atoms with Gasteiger partial charge in [0, 0.05) is 31.9 Å². The first-order valence-corrected chi connectivity index (χ1v) is 5.28. The van der Waals surface area contributed by atoms with Gasteiger partial charge in [-0.1, -0.05) is 0 Å². The molecule has 0 saturated heterocycles. The number of nitrogens with two attached hydrogens (primary N) is 1. The summed E-state index contributed by atoms with van der Waals surface area (Å²) in [6.45, 7) is 0.881. The largest absolute Gasteiger partial charge is 0.496 e. The third-order valence-corrected chi connectivity index (χ3v) is 2.17. The van der Waals surface area contributed by atoms with Gasteiger partial charge in [-0.3, -0.25) is 0 Å². The number of carbonyl (C=O) groups is 1. The zero-order valence-electron chi connectivity index (χ0n) is 10.1. The zero-order chi connectivity index (χ0) is 12.7. The SMILES string of the molecule is COCCCOC(=O)c1ccc(N)cc1OC. The minimum absolute atomic E-state index is 0.320. The van der Waals surface area contributed by atoms with Crippen LogP contribution in [0.1, 0.15) is 16.8 Å². The molecule has 0 saturated carbocycles. The third-order valence-electron chi connectivity index (χ3n) is 2.17. The lowest BCUT2D eigenvalue weighted by molar-refractivity contribution is 0.0465. The Bertz CT molecular complexity index is 379. The highest BCUT2D eigenvalue weighted by Gasteiger charge is 2.13. The van der Waals surface area contributed by atoms with E-state index in [1.807, 2.05) is 0 Å². The van der Waals surface area contributed by atoms with E-state index in [0.717, 1.165) is 0 Å². The summed E-state index contributed by atoms with van der Waals surface area (Å²) in [6.07, 6.45) is 0.666. The number of hydrogen-bond donors (Lipinski definition) is 1. The van der Waals surface area contributed by atoms with Crippen molar-refractivity contribution in [3.05, 3.63) is 23.8 Å². The minimum atomic E-state index is -0.419. The van der Waals surface area contributed by atoms with Crippen LogP contribution in [0.15, 0.2) is 18.2 Å². The Morgan fingerprint density at radius 3 is 2.71 bits per heavy atom. The molecule has 0 aliphatic carbocycles. The molecule has 0 aromatic heterocycles. The second-order valence-electron chi connectivity index (χ2n) is 3.44. The summed E-state index contributed by atoms with van der Waals surface area (Å²) in [4.78, 5) is 11.7. The highest BCUT2D eigenvalue weighted by Crippen LogP contribution is 2.22. The van der Waals surface area contributed by atoms with Gasteiger partial charge in [0.1, 0.15) is 11.3 Å². The van der Waals surface area contributed by atoms with Gasteiger partial charge < -0.3 is 19.9 Å². The van der Waals surface area contributed by atoms with E-state index in [2.05, 4.69) is 0 Å². The number of hydrogen-bond acceptors (Lipinski definition) is 5. The number of esters is 1. The van der Waals surface area contributed by atoms with Crippen LogP contribution in [0.25, 0.3) is 0 Å². The van der Waals surface area contributed by atoms with Crippen LogP contribution in [0.2, 0.25) is 0 Å². The van der Waals surface area contributed by atoms with Gasteiger partial charge >= 0.3 is 5.97 Å². The van der Waals surface area contributed by atoms with Crippen molar-refractivity contribution in [2.75, 3.05) is 33.2 Å². The van der Waals surface area contributed by atoms with Gasteiger partial charge in [-0.25, -0.2) is 4.79 Å². The molecular weight excluding hydrogens is 222 g/mol. The average Bonchev–Trinajstić information content (AvgIpc) is 2.34. The maximum Gasteiger partial charge on any atom is 0.341 e. The molecule has 0 spiro atoms. The topological polar surface area (TPSA) is 70.8 Å². The first-order chi connectivity index (χ1) is 8.19. The standard InChI is InChI=1S/C12H17NO4/c1-15-6-3-7-17-12(14)10-5-4-9(13)8-11(10)16-2/h4-5,8H,3,6-7,13H2,1-2H3. The monoisotopic (exact) mass is 239 g/mol. The van der Waals surface area contributed by atoms with Crippen LogP contribution >= 0.6 is 0 Å². The molecule has 2 N–H and O–H groups in total. The zero-order valence-corrected chi connectivity index (χ0v) is 10.1. The van der Waals surface area contributed by atoms with Crippen molar-refractivity contribution in [2.45, 2.75) is 6.42 Å². The molecule has 17 heavy (non-hydrogen) atoms. The fraction of sp³-hybridized carbons (Fsp3) is 0.417. The molecule has 0 aliphatic heterocycles. The maximum absolute atomic E-state index is 11.7. The molecule has 0 amide bonds. The van der Waals surface area contributed by atoms with Gasteiger partial charge in [0.25, 0.3) is 0 Å². The Labute approximate surface area is 100 Å². The lowest BCUT2D eigenvalue weighted by Gasteiger charge is -2.09. The van der Waals surface area contributed by atoms with Gasteiger partial charge in [-0.2, -0.15) is 0 Å². The van der Waals surface area contributed by atoms with Crippen molar-refractivity contribution in [3.63, 3.8) is 0 Å². The number of carbonyl (C=O) groups excluding carboxylic acids is 1. The number of nitrogen functional groups attached to an aromatic ring is 1. The van der Waals surface area contributed by atoms with Crippen LogP contribution in [0, 0.1) is 0 Å². The Kier molecular flexibility index (Phi) is 5.29. The lowest BCUT2D eigenvalue weighted by atomic mass is 10.2. The summed E-state index contributed by atoms with van der Waals surface area (Å²) in [5.41, 5.74) is 6.51. The van der Waals surface area contributed by atoms with Crippen molar-refractivity contribution in [1.29, 1.82) is 0 Å². The predicted molar refractivity (Wildman–Crippen MR) is 64.2 cm³/mol. The summed E-state index contributed by atoms with van der Waals surface area (Å²) >= 11 is 0. The third kappa shape index (κ3) is 3.96. The number of ether oxygens (including phenoxy) is 3. The predicted octanol–water partition coefficient (Wildman–Crippen LogP) is 1.47. The molecule has 0 fully saturated rings. The molecular formula is C12H17NO4. The van der Waals surface area contributed by atoms with Crippen LogP contribution < -0.4 is 10.5 Å². The molecule has 1 rings (SSSR count). The van der Waals surface area contributed by atoms with Crippen molar-refractivity contribution in [3.8, 4) is 5.75 Å². The fourth-order valence-corrected chi connectivity index (χ4v) is 1.32. The number of methoxy groups -OCH3 is 2. The molecule has 0 aliphatic rings. The summed E-state index contributed by atoms with van der Waals surface area (Å²) in [7, 11) is 3.08. The van der Waals surface area contributed by atoms with E-state index in [0.29, 0.717) is 36.6 Å². The molecule has 5 nitrogen and oxygen atoms in total. The Hall–Kier alpha value is -1.75. The van der Waals surface area contributed by atoms with Gasteiger partial charge in [0.15, 0.2) is 0 Å². The van der Waals surface area contributed by atoms with Crippen LogP contribution in [0.3, 0.4) is 0 Å². The van der Waals surface area contributed by atoms with E-state index in [9.17, 15) is 4.79 Å². The summed E-state index contributed by atoms with van der Waals surface area (Å²) in [5, 5.41) is 0. The normalized spacial score (nSPS) is 10.0. The molecule has 5 heteroatoms. The quantitative estimate of drug-likeness (QED) is 0.462. The first-order valence-electron chi connectivity index (χ1n) is 5.28. The highest BCUT2D eigenvalue weighted by atomic mass is 16.5. The van der Waals surface area contributed by atoms with Crippen LogP contribution in [-0.2, 0) is 9.47 Å². The van der Waals surface area contributed by atoms with Crippen molar-refractivity contribution in [1.82, 2.24) is 0 Å². The Balaban J connectivity index is 2.62. The minimum Gasteiger partial charge on any atom is -0.496 e. The van der Waals surface area contributed by atoms with Gasteiger partial charge in [-0.15, -0.1) is 0 Å². The molecule has 0 heterocycles. The molecule has 1 aromatic rings. The van der Waals surface area contributed by atoms with Gasteiger partial charge in [0.2, 0.25) is 0 Å². The number of rotatable bonds is 6. The van der Waals surface area contributed by atoms with E-state index in [1.165, 1.54) is 7.11 Å². The Morgan fingerprint density at radius 1 is 1.29 bits per heavy atom. The van der Waals surface area contributed by atoms with Crippen LogP contribution in [0.5, 0.6) is 5.75 Å². The number of anilines is 1. The molecule has 0 bridgehead atoms. The van der Waals surface area contributed by atoms with E-state index >= 15 is 0 Å². The van der Waals surface area contributed by atoms with Crippen LogP contribution in [0.4, 0.5) is 5.69 Å². The molecule has 0 unspecified atom stereocenters. The fourth-order valence-electron chi connectivity index (χ4n) is 1.32. The van der Waals surface area contributed by atoms with Gasteiger partial charge in [-0.05, 0) is 12.1 Å². The maximum atomic E-state index is 11.7. The van der Waals surface area contributed by atoms with Crippen LogP contribution in [-0.4, -0.2) is 33.4 Å². The van der Waals surface area contributed by atoms with Crippen molar-refractivity contribution in [2.24, 2.45) is 0 Å². The molecule has 1 aromatic carbocycles. The average molecular weight is 239 g/mol. The molecule has 94 valence electrons. The van der Waals surface area contributed by atoms with E-state index in [-0.39, 0.29) is 0 Å². The van der Waals surface area contributed by atoms with E-state index in [1.54, 1.807) is 25.3 Å². The molecule has 0 radical (unpaired) electrons. The van der Waals surface area contributed by atoms with E-state index < -0.39 is 5.97 Å². The Morgan fingerprint density at radius 2 is 2.06 bits per heavy atom. The summed E-state index contributed by atoms with van der Waals surface area (Å²) < 4.78 is 15.0. The lowest BCUT2D eigenvalue weighted by Crippen LogP contribution is -2.09. The summed E-state index contributed by atoms with van der Waals surface area (Å²) in [5.74, 6) is -0.000283.